The maximum atomic E-state index is 12.2. The van der Waals surface area contributed by atoms with Crippen LogP contribution in [0.25, 0.3) is 0 Å². The molecule has 3 aliphatic rings. The van der Waals surface area contributed by atoms with Gasteiger partial charge in [0, 0.05) is 5.56 Å². The maximum absolute atomic E-state index is 12.2. The van der Waals surface area contributed by atoms with Gasteiger partial charge in [-0.15, -0.1) is 0 Å². The van der Waals surface area contributed by atoms with Crippen LogP contribution < -0.4 is 4.74 Å². The third-order valence-corrected chi connectivity index (χ3v) is 9.71. The highest BCUT2D eigenvalue weighted by atomic mass is 32.2. The largest absolute Gasteiger partial charge is 0.514 e. The number of fused-ring (bicyclic) bond motifs is 3. The standard InChI is InChI=1S/C30H24F3O3S/c31-30(32,33)18-35-29(34)36-21-13-9-19(10-14-21)25-17-26(25)20-11-15-22(16-12-20)37-27-7-3-1-5-23(27)24-6-2-4-8-28(24)37/h1-16,23,25-27H,17-18H2/q+1. The normalized spacial score (nSPS) is 25.3. The van der Waals surface area contributed by atoms with Gasteiger partial charge >= 0.3 is 12.3 Å². The van der Waals surface area contributed by atoms with Crippen LogP contribution in [0, 0.1) is 0 Å². The molecule has 0 spiro atoms. The van der Waals surface area contributed by atoms with Crippen molar-refractivity contribution >= 4 is 17.1 Å². The van der Waals surface area contributed by atoms with E-state index in [-0.39, 0.29) is 16.6 Å². The van der Waals surface area contributed by atoms with E-state index in [1.165, 1.54) is 20.9 Å². The summed E-state index contributed by atoms with van der Waals surface area (Å²) in [7, 11) is 0.00550. The Labute approximate surface area is 216 Å². The third-order valence-electron chi connectivity index (χ3n) is 7.09. The van der Waals surface area contributed by atoms with Crippen molar-refractivity contribution in [1.29, 1.82) is 0 Å². The van der Waals surface area contributed by atoms with Crippen molar-refractivity contribution in [3.63, 3.8) is 0 Å². The fraction of sp³-hybridized carbons (Fsp3) is 0.233. The number of carbonyl (C=O) groups is 1. The number of hydrogen-bond acceptors (Lipinski definition) is 3. The quantitative estimate of drug-likeness (QED) is 0.196. The van der Waals surface area contributed by atoms with Crippen LogP contribution in [0.4, 0.5) is 18.0 Å². The average molecular weight is 522 g/mol. The second kappa shape index (κ2) is 9.45. The Bertz CT molecular complexity index is 1360. The molecule has 1 aliphatic heterocycles. The Morgan fingerprint density at radius 3 is 2.22 bits per heavy atom. The minimum absolute atomic E-state index is 0.00550. The molecule has 0 saturated heterocycles. The lowest BCUT2D eigenvalue weighted by atomic mass is 9.93. The van der Waals surface area contributed by atoms with Crippen LogP contribution in [0.5, 0.6) is 5.75 Å². The first-order valence-corrected chi connectivity index (χ1v) is 13.4. The fourth-order valence-corrected chi connectivity index (χ4v) is 8.07. The van der Waals surface area contributed by atoms with E-state index in [1.807, 2.05) is 12.1 Å². The lowest BCUT2D eigenvalue weighted by Gasteiger charge is -2.14. The van der Waals surface area contributed by atoms with E-state index < -0.39 is 18.9 Å². The molecule has 37 heavy (non-hydrogen) atoms. The van der Waals surface area contributed by atoms with Gasteiger partial charge in [-0.1, -0.05) is 60.7 Å². The first kappa shape index (κ1) is 23.9. The highest BCUT2D eigenvalue weighted by Gasteiger charge is 2.49. The molecule has 0 bridgehead atoms. The molecule has 5 unspecified atom stereocenters. The summed E-state index contributed by atoms with van der Waals surface area (Å²) in [6.07, 6.45) is 4.06. The van der Waals surface area contributed by atoms with Crippen molar-refractivity contribution in [2.45, 2.75) is 45.4 Å². The summed E-state index contributed by atoms with van der Waals surface area (Å²) in [5.74, 6) is 1.38. The van der Waals surface area contributed by atoms with Crippen molar-refractivity contribution in [2.24, 2.45) is 0 Å². The van der Waals surface area contributed by atoms with E-state index in [1.54, 1.807) is 12.1 Å². The van der Waals surface area contributed by atoms with Crippen LogP contribution in [-0.2, 0) is 15.6 Å². The molecule has 6 rings (SSSR count). The van der Waals surface area contributed by atoms with Gasteiger partial charge in [-0.25, -0.2) is 4.79 Å². The molecule has 2 aliphatic carbocycles. The second-order valence-electron chi connectivity index (χ2n) is 9.48. The molecular weight excluding hydrogens is 497 g/mol. The van der Waals surface area contributed by atoms with E-state index in [0.717, 1.165) is 12.0 Å². The highest BCUT2D eigenvalue weighted by Crippen LogP contribution is 2.55. The van der Waals surface area contributed by atoms with Crippen molar-refractivity contribution < 1.29 is 27.4 Å². The predicted octanol–water partition coefficient (Wildman–Crippen LogP) is 7.66. The number of benzene rings is 3. The zero-order valence-electron chi connectivity index (χ0n) is 19.7. The Hall–Kier alpha value is -3.45. The molecule has 3 aromatic rings. The second-order valence-corrected chi connectivity index (χ2v) is 11.6. The van der Waals surface area contributed by atoms with E-state index in [4.69, 9.17) is 4.74 Å². The number of ether oxygens (including phenoxy) is 2. The van der Waals surface area contributed by atoms with Crippen LogP contribution in [0.15, 0.2) is 107 Å². The van der Waals surface area contributed by atoms with E-state index in [9.17, 15) is 18.0 Å². The van der Waals surface area contributed by atoms with Crippen molar-refractivity contribution in [3.8, 4) is 5.75 Å². The minimum atomic E-state index is -4.59. The summed E-state index contributed by atoms with van der Waals surface area (Å²) in [5, 5.41) is 0.466. The molecule has 0 radical (unpaired) electrons. The van der Waals surface area contributed by atoms with Gasteiger partial charge in [0.15, 0.2) is 21.6 Å². The number of allylic oxidation sites excluding steroid dienone is 3. The van der Waals surface area contributed by atoms with Gasteiger partial charge in [-0.05, 0) is 65.8 Å². The number of alkyl halides is 3. The van der Waals surface area contributed by atoms with Crippen LogP contribution in [0.3, 0.4) is 0 Å². The van der Waals surface area contributed by atoms with E-state index in [0.29, 0.717) is 23.0 Å². The zero-order valence-corrected chi connectivity index (χ0v) is 20.5. The molecule has 188 valence electrons. The Balaban J connectivity index is 1.11. The zero-order chi connectivity index (χ0) is 25.6. The lowest BCUT2D eigenvalue weighted by Crippen LogP contribution is -2.22. The molecule has 1 saturated carbocycles. The summed E-state index contributed by atoms with van der Waals surface area (Å²) >= 11 is 0. The van der Waals surface area contributed by atoms with Gasteiger partial charge in [0.25, 0.3) is 0 Å². The average Bonchev–Trinajstić information content (AvgIpc) is 3.63. The van der Waals surface area contributed by atoms with Gasteiger partial charge in [-0.2, -0.15) is 13.2 Å². The van der Waals surface area contributed by atoms with Gasteiger partial charge in [-0.3, -0.25) is 0 Å². The molecule has 1 heterocycles. The SMILES string of the molecule is O=C(OCC(F)(F)F)Oc1ccc(C2CC2c2ccc([S+]3c4ccccc4C4C=CC=CC43)cc2)cc1. The molecule has 1 fully saturated rings. The van der Waals surface area contributed by atoms with Crippen LogP contribution >= 0.6 is 0 Å². The molecule has 5 atom stereocenters. The van der Waals surface area contributed by atoms with Crippen LogP contribution in [0.1, 0.15) is 40.9 Å². The smallest absolute Gasteiger partial charge is 0.424 e. The van der Waals surface area contributed by atoms with Gasteiger partial charge in [0.1, 0.15) is 5.75 Å². The predicted molar refractivity (Wildman–Crippen MR) is 136 cm³/mol. The minimum Gasteiger partial charge on any atom is -0.424 e. The summed E-state index contributed by atoms with van der Waals surface area (Å²) < 4.78 is 45.4. The number of halogens is 3. The molecule has 0 N–H and O–H groups in total. The van der Waals surface area contributed by atoms with E-state index >= 15 is 0 Å². The molecular formula is C30H24F3O3S+. The molecule has 7 heteroatoms. The number of hydrogen-bond donors (Lipinski definition) is 0. The van der Waals surface area contributed by atoms with Gasteiger partial charge in [0.2, 0.25) is 0 Å². The monoisotopic (exact) mass is 521 g/mol. The lowest BCUT2D eigenvalue weighted by molar-refractivity contribution is -0.163. The summed E-state index contributed by atoms with van der Waals surface area (Å²) in [6.45, 7) is -1.67. The van der Waals surface area contributed by atoms with Crippen molar-refractivity contribution in [2.75, 3.05) is 6.61 Å². The Kier molecular flexibility index (Phi) is 6.11. The summed E-state index contributed by atoms with van der Waals surface area (Å²) in [5.41, 5.74) is 3.85. The molecule has 3 aromatic carbocycles. The highest BCUT2D eigenvalue weighted by molar-refractivity contribution is 7.98. The summed E-state index contributed by atoms with van der Waals surface area (Å²) in [4.78, 5) is 14.2. The van der Waals surface area contributed by atoms with E-state index in [2.05, 4.69) is 77.6 Å². The third kappa shape index (κ3) is 4.92. The first-order valence-electron chi connectivity index (χ1n) is 12.2. The van der Waals surface area contributed by atoms with Crippen molar-refractivity contribution in [3.05, 3.63) is 114 Å². The molecule has 3 nitrogen and oxygen atoms in total. The number of carbonyl (C=O) groups excluding carboxylic acids is 1. The van der Waals surface area contributed by atoms with Gasteiger partial charge in [0.05, 0.1) is 16.8 Å². The maximum Gasteiger partial charge on any atom is 0.514 e. The van der Waals surface area contributed by atoms with Crippen molar-refractivity contribution in [1.82, 2.24) is 0 Å². The summed E-state index contributed by atoms with van der Waals surface area (Å²) in [6, 6.07) is 24.7. The topological polar surface area (TPSA) is 35.5 Å². The Morgan fingerprint density at radius 1 is 0.865 bits per heavy atom. The number of rotatable bonds is 5. The molecule has 0 aromatic heterocycles. The fourth-order valence-electron chi connectivity index (χ4n) is 5.32. The molecule has 0 amide bonds. The van der Waals surface area contributed by atoms with Gasteiger partial charge < -0.3 is 9.47 Å². The first-order chi connectivity index (χ1) is 17.9. The van der Waals surface area contributed by atoms with Crippen LogP contribution in [0.2, 0.25) is 0 Å². The Morgan fingerprint density at radius 2 is 1.51 bits per heavy atom. The van der Waals surface area contributed by atoms with Crippen LogP contribution in [-0.4, -0.2) is 24.2 Å².